The number of hydrogen-bond donors (Lipinski definition) is 1. The highest BCUT2D eigenvalue weighted by molar-refractivity contribution is 5.82. The van der Waals surface area contributed by atoms with E-state index in [1.54, 1.807) is 0 Å². The first-order chi connectivity index (χ1) is 8.58. The van der Waals surface area contributed by atoms with Gasteiger partial charge in [0.2, 0.25) is 0 Å². The second-order valence-electron chi connectivity index (χ2n) is 3.09. The van der Waals surface area contributed by atoms with E-state index in [1.807, 2.05) is 0 Å². The van der Waals surface area contributed by atoms with Gasteiger partial charge in [0, 0.05) is 0 Å². The third-order valence-electron chi connectivity index (χ3n) is 1.94. The fourth-order valence-corrected chi connectivity index (χ4v) is 1.26. The molecule has 94 valence electrons. The summed E-state index contributed by atoms with van der Waals surface area (Å²) in [5, 5.41) is 15.3. The molecule has 1 aromatic heterocycles. The van der Waals surface area contributed by atoms with E-state index in [-0.39, 0.29) is 17.2 Å². The minimum absolute atomic E-state index is 0.0952. The molecule has 8 heteroatoms. The molecule has 1 N–H and O–H groups in total. The van der Waals surface area contributed by atoms with Crippen molar-refractivity contribution in [3.63, 3.8) is 0 Å². The Morgan fingerprint density at radius 2 is 2.06 bits per heavy atom. The van der Waals surface area contributed by atoms with E-state index in [2.05, 4.69) is 14.9 Å². The van der Waals surface area contributed by atoms with Crippen LogP contribution >= 0.6 is 0 Å². The van der Waals surface area contributed by atoms with Crippen LogP contribution in [0.25, 0.3) is 11.5 Å². The van der Waals surface area contributed by atoms with Crippen LogP contribution < -0.4 is 4.74 Å². The van der Waals surface area contributed by atoms with Gasteiger partial charge in [-0.3, -0.25) is 0 Å². The number of hydrogen-bond acceptors (Lipinski definition) is 5. The molecule has 0 aliphatic carbocycles. The summed E-state index contributed by atoms with van der Waals surface area (Å²) in [5.74, 6) is -2.41. The molecule has 0 bridgehead atoms. The summed E-state index contributed by atoms with van der Waals surface area (Å²) in [5.41, 5.74) is 0.0952. The van der Waals surface area contributed by atoms with Crippen LogP contribution in [0.2, 0.25) is 0 Å². The first kappa shape index (κ1) is 12.0. The Hall–Kier alpha value is -2.51. The highest BCUT2D eigenvalue weighted by Crippen LogP contribution is 2.29. The molecule has 0 saturated heterocycles. The van der Waals surface area contributed by atoms with Crippen LogP contribution in [0.5, 0.6) is 5.75 Å². The maximum Gasteiger partial charge on any atom is 0.393 e. The van der Waals surface area contributed by atoms with Gasteiger partial charge in [-0.05, 0) is 12.1 Å². The highest BCUT2D eigenvalue weighted by atomic mass is 19.3. The minimum atomic E-state index is -3.01. The number of aromatic nitrogens is 2. The fraction of sp³-hybridized carbons (Fsp3) is 0.100. The predicted octanol–water partition coefficient (Wildman–Crippen LogP) is 2.04. The molecule has 0 radical (unpaired) electrons. The van der Waals surface area contributed by atoms with Crippen molar-refractivity contribution in [1.29, 1.82) is 0 Å². The highest BCUT2D eigenvalue weighted by Gasteiger charge is 2.18. The van der Waals surface area contributed by atoms with Gasteiger partial charge in [0.25, 0.3) is 5.89 Å². The average Bonchev–Trinajstić information content (AvgIpc) is 2.78. The van der Waals surface area contributed by atoms with E-state index in [1.165, 1.54) is 24.3 Å². The van der Waals surface area contributed by atoms with E-state index in [0.29, 0.717) is 0 Å². The Morgan fingerprint density at radius 1 is 1.33 bits per heavy atom. The summed E-state index contributed by atoms with van der Waals surface area (Å²) >= 11 is 0. The third-order valence-corrected chi connectivity index (χ3v) is 1.94. The molecule has 0 fully saturated rings. The molecular weight excluding hydrogens is 250 g/mol. The van der Waals surface area contributed by atoms with Gasteiger partial charge >= 0.3 is 18.5 Å². The van der Waals surface area contributed by atoms with Crippen molar-refractivity contribution in [3.8, 4) is 17.2 Å². The average molecular weight is 256 g/mol. The topological polar surface area (TPSA) is 85.5 Å². The SMILES string of the molecule is O=C(O)c1nnc(-c2ccccc2OC(F)F)o1. The molecule has 0 unspecified atom stereocenters. The van der Waals surface area contributed by atoms with Gasteiger partial charge in [-0.2, -0.15) is 8.78 Å². The van der Waals surface area contributed by atoms with Crippen LogP contribution in [0.3, 0.4) is 0 Å². The lowest BCUT2D eigenvalue weighted by Crippen LogP contribution is -2.03. The van der Waals surface area contributed by atoms with Crippen LogP contribution in [0.4, 0.5) is 8.78 Å². The molecule has 18 heavy (non-hydrogen) atoms. The van der Waals surface area contributed by atoms with Crippen molar-refractivity contribution in [3.05, 3.63) is 30.2 Å². The number of rotatable bonds is 4. The quantitative estimate of drug-likeness (QED) is 0.900. The van der Waals surface area contributed by atoms with Gasteiger partial charge in [-0.1, -0.05) is 12.1 Å². The molecule has 2 aromatic rings. The summed E-state index contributed by atoms with van der Waals surface area (Å²) in [6, 6.07) is 5.71. The summed E-state index contributed by atoms with van der Waals surface area (Å²) < 4.78 is 33.4. The molecule has 1 aromatic carbocycles. The number of aromatic carboxylic acids is 1. The van der Waals surface area contributed by atoms with Crippen molar-refractivity contribution in [2.75, 3.05) is 0 Å². The van der Waals surface area contributed by atoms with Gasteiger partial charge in [0.05, 0.1) is 5.56 Å². The molecule has 0 saturated carbocycles. The lowest BCUT2D eigenvalue weighted by atomic mass is 10.2. The van der Waals surface area contributed by atoms with Gasteiger partial charge in [-0.25, -0.2) is 4.79 Å². The van der Waals surface area contributed by atoms with Crippen molar-refractivity contribution < 1.29 is 27.8 Å². The standard InChI is InChI=1S/C10H6F2N2O4/c11-10(12)17-6-4-2-1-3-5(6)7-13-14-8(18-7)9(15)16/h1-4,10H,(H,15,16). The Bertz CT molecular complexity index is 571. The molecule has 0 spiro atoms. The number of halogens is 2. The Labute approximate surface area is 98.8 Å². The summed E-state index contributed by atoms with van der Waals surface area (Å²) in [6.45, 7) is -3.01. The Kier molecular flexibility index (Phi) is 3.18. The van der Waals surface area contributed by atoms with E-state index in [9.17, 15) is 13.6 Å². The van der Waals surface area contributed by atoms with Crippen LogP contribution in [-0.4, -0.2) is 27.9 Å². The molecule has 0 amide bonds. The number of nitrogens with zero attached hydrogens (tertiary/aromatic N) is 2. The molecule has 0 aliphatic heterocycles. The molecule has 0 atom stereocenters. The van der Waals surface area contributed by atoms with E-state index in [0.717, 1.165) is 0 Å². The number of alkyl halides is 2. The molecule has 0 aliphatic rings. The number of carbonyl (C=O) groups is 1. The number of para-hydroxylation sites is 1. The maximum atomic E-state index is 12.2. The largest absolute Gasteiger partial charge is 0.474 e. The van der Waals surface area contributed by atoms with Crippen LogP contribution in [-0.2, 0) is 0 Å². The van der Waals surface area contributed by atoms with Crippen molar-refractivity contribution in [2.45, 2.75) is 6.61 Å². The van der Waals surface area contributed by atoms with Crippen LogP contribution in [0.15, 0.2) is 28.7 Å². The predicted molar refractivity (Wildman–Crippen MR) is 53.3 cm³/mol. The lowest BCUT2D eigenvalue weighted by molar-refractivity contribution is -0.0495. The van der Waals surface area contributed by atoms with Crippen molar-refractivity contribution >= 4 is 5.97 Å². The normalized spacial score (nSPS) is 10.6. The van der Waals surface area contributed by atoms with Gasteiger partial charge in [-0.15, -0.1) is 10.2 Å². The minimum Gasteiger partial charge on any atom is -0.474 e. The number of carboxylic acids is 1. The second-order valence-corrected chi connectivity index (χ2v) is 3.09. The zero-order valence-electron chi connectivity index (χ0n) is 8.71. The zero-order valence-corrected chi connectivity index (χ0v) is 8.71. The van der Waals surface area contributed by atoms with E-state index < -0.39 is 18.5 Å². The van der Waals surface area contributed by atoms with E-state index in [4.69, 9.17) is 9.52 Å². The third kappa shape index (κ3) is 2.42. The smallest absolute Gasteiger partial charge is 0.393 e. The van der Waals surface area contributed by atoms with E-state index >= 15 is 0 Å². The first-order valence-corrected chi connectivity index (χ1v) is 4.69. The summed E-state index contributed by atoms with van der Waals surface area (Å²) in [4.78, 5) is 10.6. The zero-order chi connectivity index (χ0) is 13.1. The van der Waals surface area contributed by atoms with Gasteiger partial charge in [0.1, 0.15) is 5.75 Å². The maximum absolute atomic E-state index is 12.2. The lowest BCUT2D eigenvalue weighted by Gasteiger charge is -2.06. The molecule has 1 heterocycles. The number of benzene rings is 1. The van der Waals surface area contributed by atoms with Crippen LogP contribution in [0.1, 0.15) is 10.7 Å². The molecule has 6 nitrogen and oxygen atoms in total. The molecule has 2 rings (SSSR count). The Balaban J connectivity index is 2.39. The monoisotopic (exact) mass is 256 g/mol. The Morgan fingerprint density at radius 3 is 2.67 bits per heavy atom. The van der Waals surface area contributed by atoms with Crippen molar-refractivity contribution in [1.82, 2.24) is 10.2 Å². The van der Waals surface area contributed by atoms with Gasteiger partial charge < -0.3 is 14.3 Å². The summed E-state index contributed by atoms with van der Waals surface area (Å²) in [6.07, 6.45) is 0. The number of carboxylic acid groups (broad SMARTS) is 1. The molecular formula is C10H6F2N2O4. The first-order valence-electron chi connectivity index (χ1n) is 4.69. The summed E-state index contributed by atoms with van der Waals surface area (Å²) in [7, 11) is 0. The van der Waals surface area contributed by atoms with Gasteiger partial charge in [0.15, 0.2) is 0 Å². The van der Waals surface area contributed by atoms with Crippen molar-refractivity contribution in [2.24, 2.45) is 0 Å². The second kappa shape index (κ2) is 4.78. The fourth-order valence-electron chi connectivity index (χ4n) is 1.26. The number of ether oxygens (including phenoxy) is 1. The van der Waals surface area contributed by atoms with Crippen LogP contribution in [0, 0.1) is 0 Å².